The van der Waals surface area contributed by atoms with Gasteiger partial charge in [-0.05, 0) is 39.1 Å². The Morgan fingerprint density at radius 3 is 2.32 bits per heavy atom. The molecule has 0 saturated carbocycles. The molecule has 4 N–H and O–H groups in total. The maximum atomic E-state index is 11.1. The fraction of sp³-hybridized carbons (Fsp3) is 0.500. The van der Waals surface area contributed by atoms with Crippen LogP contribution < -0.4 is 16.4 Å². The lowest BCUT2D eigenvalue weighted by molar-refractivity contribution is 0.100. The van der Waals surface area contributed by atoms with Gasteiger partial charge in [-0.3, -0.25) is 9.69 Å². The minimum Gasteiger partial charge on any atom is -0.397 e. The van der Waals surface area contributed by atoms with Crippen LogP contribution in [0.15, 0.2) is 18.2 Å². The van der Waals surface area contributed by atoms with E-state index in [1.165, 1.54) is 0 Å². The second kappa shape index (κ2) is 5.09. The molecule has 2 unspecified atom stereocenters. The number of benzene rings is 1. The van der Waals surface area contributed by atoms with Crippen LogP contribution in [0.5, 0.6) is 0 Å². The topological polar surface area (TPSA) is 75.6 Å². The number of hydrogen-bond acceptors (Lipinski definition) is 4. The number of primary amides is 1. The summed E-state index contributed by atoms with van der Waals surface area (Å²) in [5, 5.41) is 0. The third-order valence-electron chi connectivity index (χ3n) is 4.01. The van der Waals surface area contributed by atoms with Crippen molar-refractivity contribution in [3.8, 4) is 0 Å². The molecule has 2 atom stereocenters. The van der Waals surface area contributed by atoms with Crippen molar-refractivity contribution in [2.24, 2.45) is 5.73 Å². The summed E-state index contributed by atoms with van der Waals surface area (Å²) in [7, 11) is 2.15. The van der Waals surface area contributed by atoms with E-state index in [0.29, 0.717) is 23.3 Å². The standard InChI is InChI=1S/C14H22N4O/c1-9-7-18(8-10(2)17(9)3)13-5-4-11(14(16)19)6-12(13)15/h4-6,9-10H,7-8,15H2,1-3H3,(H2,16,19). The van der Waals surface area contributed by atoms with Gasteiger partial charge in [0.05, 0.1) is 11.4 Å². The highest BCUT2D eigenvalue weighted by molar-refractivity contribution is 5.94. The van der Waals surface area contributed by atoms with E-state index in [2.05, 4.69) is 30.7 Å². The van der Waals surface area contributed by atoms with Gasteiger partial charge >= 0.3 is 0 Å². The van der Waals surface area contributed by atoms with Crippen molar-refractivity contribution in [3.05, 3.63) is 23.8 Å². The molecule has 1 aliphatic rings. The van der Waals surface area contributed by atoms with Crippen LogP contribution in [0.3, 0.4) is 0 Å². The highest BCUT2D eigenvalue weighted by Gasteiger charge is 2.27. The van der Waals surface area contributed by atoms with Crippen LogP contribution in [0.2, 0.25) is 0 Å². The molecule has 19 heavy (non-hydrogen) atoms. The Morgan fingerprint density at radius 2 is 1.84 bits per heavy atom. The van der Waals surface area contributed by atoms with E-state index in [1.54, 1.807) is 12.1 Å². The van der Waals surface area contributed by atoms with Gasteiger partial charge < -0.3 is 16.4 Å². The van der Waals surface area contributed by atoms with Crippen LogP contribution in [0.1, 0.15) is 24.2 Å². The molecule has 1 aromatic rings. The summed E-state index contributed by atoms with van der Waals surface area (Å²) < 4.78 is 0. The highest BCUT2D eigenvalue weighted by atomic mass is 16.1. The van der Waals surface area contributed by atoms with Gasteiger partial charge in [0.2, 0.25) is 5.91 Å². The summed E-state index contributed by atoms with van der Waals surface area (Å²) in [6, 6.07) is 6.23. The Kier molecular flexibility index (Phi) is 3.66. The molecule has 1 saturated heterocycles. The number of nitrogen functional groups attached to an aromatic ring is 1. The van der Waals surface area contributed by atoms with Gasteiger partial charge in [-0.25, -0.2) is 0 Å². The van der Waals surface area contributed by atoms with Crippen molar-refractivity contribution in [1.82, 2.24) is 4.90 Å². The van der Waals surface area contributed by atoms with Crippen molar-refractivity contribution in [2.45, 2.75) is 25.9 Å². The smallest absolute Gasteiger partial charge is 0.248 e. The summed E-state index contributed by atoms with van der Waals surface area (Å²) >= 11 is 0. The lowest BCUT2D eigenvalue weighted by Gasteiger charge is -2.43. The molecule has 1 fully saturated rings. The van der Waals surface area contributed by atoms with Crippen LogP contribution in [0.4, 0.5) is 11.4 Å². The van der Waals surface area contributed by atoms with Gasteiger partial charge in [-0.2, -0.15) is 0 Å². The van der Waals surface area contributed by atoms with E-state index in [0.717, 1.165) is 18.8 Å². The molecule has 5 heteroatoms. The van der Waals surface area contributed by atoms with Crippen LogP contribution >= 0.6 is 0 Å². The van der Waals surface area contributed by atoms with Crippen molar-refractivity contribution in [1.29, 1.82) is 0 Å². The van der Waals surface area contributed by atoms with Crippen molar-refractivity contribution < 1.29 is 4.79 Å². The van der Waals surface area contributed by atoms with Crippen molar-refractivity contribution in [3.63, 3.8) is 0 Å². The first-order valence-corrected chi connectivity index (χ1v) is 6.56. The number of anilines is 2. The number of hydrogen-bond donors (Lipinski definition) is 2. The third-order valence-corrected chi connectivity index (χ3v) is 4.01. The maximum absolute atomic E-state index is 11.1. The number of nitrogens with two attached hydrogens (primary N) is 2. The average Bonchev–Trinajstić information content (AvgIpc) is 2.35. The molecule has 0 aromatic heterocycles. The number of carbonyl (C=O) groups excluding carboxylic acids is 1. The first kappa shape index (κ1) is 13.7. The van der Waals surface area contributed by atoms with Crippen LogP contribution in [-0.4, -0.2) is 43.0 Å². The van der Waals surface area contributed by atoms with Gasteiger partial charge in [0.25, 0.3) is 0 Å². The minimum absolute atomic E-state index is 0.446. The van der Waals surface area contributed by atoms with Crippen LogP contribution in [0.25, 0.3) is 0 Å². The molecular weight excluding hydrogens is 240 g/mol. The Bertz CT molecular complexity index is 476. The second-order valence-electron chi connectivity index (χ2n) is 5.41. The van der Waals surface area contributed by atoms with E-state index in [-0.39, 0.29) is 0 Å². The van der Waals surface area contributed by atoms with Crippen LogP contribution in [-0.2, 0) is 0 Å². The predicted octanol–water partition coefficient (Wildman–Crippen LogP) is 0.897. The summed E-state index contributed by atoms with van der Waals surface area (Å²) in [4.78, 5) is 15.8. The van der Waals surface area contributed by atoms with Crippen LogP contribution in [0, 0.1) is 0 Å². The predicted molar refractivity (Wildman–Crippen MR) is 78.3 cm³/mol. The molecule has 5 nitrogen and oxygen atoms in total. The van der Waals surface area contributed by atoms with E-state index in [1.807, 2.05) is 6.07 Å². The molecular formula is C14H22N4O. The molecule has 1 amide bonds. The largest absolute Gasteiger partial charge is 0.397 e. The molecule has 1 aliphatic heterocycles. The zero-order valence-electron chi connectivity index (χ0n) is 11.8. The summed E-state index contributed by atoms with van der Waals surface area (Å²) in [6.07, 6.45) is 0. The van der Waals surface area contributed by atoms with Gasteiger partial charge in [-0.15, -0.1) is 0 Å². The van der Waals surface area contributed by atoms with Gasteiger partial charge in [-0.1, -0.05) is 0 Å². The van der Waals surface area contributed by atoms with Gasteiger partial charge in [0.1, 0.15) is 0 Å². The lowest BCUT2D eigenvalue weighted by atomic mass is 10.1. The first-order valence-electron chi connectivity index (χ1n) is 6.56. The number of rotatable bonds is 2. The second-order valence-corrected chi connectivity index (χ2v) is 5.41. The molecule has 2 rings (SSSR count). The molecule has 1 heterocycles. The fourth-order valence-corrected chi connectivity index (χ4v) is 2.60. The van der Waals surface area contributed by atoms with Crippen molar-refractivity contribution >= 4 is 17.3 Å². The van der Waals surface area contributed by atoms with E-state index >= 15 is 0 Å². The quantitative estimate of drug-likeness (QED) is 0.776. The Balaban J connectivity index is 2.25. The van der Waals surface area contributed by atoms with E-state index < -0.39 is 5.91 Å². The Labute approximate surface area is 114 Å². The first-order chi connectivity index (χ1) is 8.90. The number of piperazine rings is 1. The zero-order chi connectivity index (χ0) is 14.2. The molecule has 1 aromatic carbocycles. The summed E-state index contributed by atoms with van der Waals surface area (Å²) in [6.45, 7) is 6.27. The normalized spacial score (nSPS) is 24.5. The third kappa shape index (κ3) is 2.66. The molecule has 0 spiro atoms. The molecule has 104 valence electrons. The van der Waals surface area contributed by atoms with E-state index in [9.17, 15) is 4.79 Å². The SMILES string of the molecule is CC1CN(c2ccc(C(N)=O)cc2N)CC(C)N1C. The van der Waals surface area contributed by atoms with Gasteiger partial charge in [0.15, 0.2) is 0 Å². The average molecular weight is 262 g/mol. The lowest BCUT2D eigenvalue weighted by Crippen LogP contribution is -2.55. The molecule has 0 bridgehead atoms. The number of carbonyl (C=O) groups is 1. The summed E-state index contributed by atoms with van der Waals surface area (Å²) in [5.74, 6) is -0.446. The zero-order valence-corrected chi connectivity index (χ0v) is 11.8. The Hall–Kier alpha value is -1.75. The van der Waals surface area contributed by atoms with E-state index in [4.69, 9.17) is 11.5 Å². The van der Waals surface area contributed by atoms with Gasteiger partial charge in [0, 0.05) is 30.7 Å². The molecule has 0 aliphatic carbocycles. The number of nitrogens with zero attached hydrogens (tertiary/aromatic N) is 2. The fourth-order valence-electron chi connectivity index (χ4n) is 2.60. The highest BCUT2D eigenvalue weighted by Crippen LogP contribution is 2.27. The monoisotopic (exact) mass is 262 g/mol. The number of likely N-dealkylation sites (N-methyl/N-ethyl adjacent to an activating group) is 1. The summed E-state index contributed by atoms with van der Waals surface area (Å²) in [5.41, 5.74) is 13.4. The Morgan fingerprint density at radius 1 is 1.26 bits per heavy atom. The number of amides is 1. The maximum Gasteiger partial charge on any atom is 0.248 e. The minimum atomic E-state index is -0.446. The molecule has 0 radical (unpaired) electrons. The van der Waals surface area contributed by atoms with Crippen molar-refractivity contribution in [2.75, 3.05) is 30.8 Å².